The fraction of sp³-hybridized carbons (Fsp3) is 0.154. The van der Waals surface area contributed by atoms with Crippen LogP contribution in [-0.4, -0.2) is 30.9 Å². The fourth-order valence-electron chi connectivity index (χ4n) is 3.69. The van der Waals surface area contributed by atoms with Crippen molar-refractivity contribution in [2.24, 2.45) is 0 Å². The first kappa shape index (κ1) is 22.5. The maximum Gasteiger partial charge on any atom is 0.299 e. The van der Waals surface area contributed by atoms with E-state index in [4.69, 9.17) is 9.84 Å². The minimum Gasteiger partial charge on any atom is -0.409 e. The maximum absolute atomic E-state index is 11.9. The summed E-state index contributed by atoms with van der Waals surface area (Å²) >= 11 is 0. The van der Waals surface area contributed by atoms with E-state index in [0.29, 0.717) is 36.6 Å². The zero-order chi connectivity index (χ0) is 23.4. The molecule has 0 unspecified atom stereocenters. The molecule has 0 fully saturated rings. The van der Waals surface area contributed by atoms with Crippen molar-refractivity contribution >= 4 is 16.3 Å². The van der Waals surface area contributed by atoms with Gasteiger partial charge < -0.3 is 4.74 Å². The number of hydrogen-bond acceptors (Lipinski definition) is 5. The van der Waals surface area contributed by atoms with Crippen LogP contribution in [0.3, 0.4) is 0 Å². The Morgan fingerprint density at radius 1 is 0.909 bits per heavy atom. The molecule has 4 rings (SSSR count). The Bertz CT molecular complexity index is 1360. The van der Waals surface area contributed by atoms with Crippen molar-refractivity contribution in [2.75, 3.05) is 6.26 Å². The summed E-state index contributed by atoms with van der Waals surface area (Å²) in [6, 6.07) is 24.5. The van der Waals surface area contributed by atoms with Crippen LogP contribution in [0, 0.1) is 6.92 Å². The highest BCUT2D eigenvalue weighted by Crippen LogP contribution is 2.39. The zero-order valence-electron chi connectivity index (χ0n) is 18.4. The van der Waals surface area contributed by atoms with Gasteiger partial charge in [0.05, 0.1) is 10.5 Å². The molecule has 33 heavy (non-hydrogen) atoms. The van der Waals surface area contributed by atoms with Crippen molar-refractivity contribution < 1.29 is 17.9 Å². The van der Waals surface area contributed by atoms with E-state index < -0.39 is 9.84 Å². The highest BCUT2D eigenvalue weighted by molar-refractivity contribution is 7.90. The van der Waals surface area contributed by atoms with Gasteiger partial charge >= 0.3 is 0 Å². The topological polar surface area (TPSA) is 78.3 Å². The van der Waals surface area contributed by atoms with Gasteiger partial charge in [-0.05, 0) is 36.6 Å². The Kier molecular flexibility index (Phi) is 6.42. The van der Waals surface area contributed by atoms with Crippen molar-refractivity contribution in [1.82, 2.24) is 9.78 Å². The average Bonchev–Trinajstić information content (AvgIpc) is 3.17. The van der Waals surface area contributed by atoms with Crippen LogP contribution in [0.1, 0.15) is 11.1 Å². The molecule has 7 heteroatoms. The number of aryl methyl sites for hydroxylation is 3. The van der Waals surface area contributed by atoms with Crippen LogP contribution in [-0.2, 0) is 27.6 Å². The van der Waals surface area contributed by atoms with Gasteiger partial charge in [-0.2, -0.15) is 5.10 Å². The van der Waals surface area contributed by atoms with Crippen molar-refractivity contribution in [3.05, 3.63) is 90.0 Å². The average molecular weight is 461 g/mol. The Balaban J connectivity index is 1.84. The molecule has 3 aromatic carbocycles. The first-order valence-electron chi connectivity index (χ1n) is 10.5. The lowest BCUT2D eigenvalue weighted by atomic mass is 10.0. The summed E-state index contributed by atoms with van der Waals surface area (Å²) in [5, 5.41) is 4.79. The molecule has 0 radical (unpaired) electrons. The third-order valence-electron chi connectivity index (χ3n) is 5.42. The van der Waals surface area contributed by atoms with Crippen LogP contribution in [0.2, 0.25) is 0 Å². The van der Waals surface area contributed by atoms with E-state index >= 15 is 0 Å². The number of carbonyl (C=O) groups is 1. The quantitative estimate of drug-likeness (QED) is 0.356. The molecule has 1 aromatic heterocycles. The largest absolute Gasteiger partial charge is 0.409 e. The molecule has 6 nitrogen and oxygen atoms in total. The second-order valence-corrected chi connectivity index (χ2v) is 9.88. The number of ether oxygens (including phenoxy) is 1. The normalized spacial score (nSPS) is 11.3. The monoisotopic (exact) mass is 460 g/mol. The van der Waals surface area contributed by atoms with E-state index in [-0.39, 0.29) is 4.90 Å². The molecule has 0 N–H and O–H groups in total. The molecule has 0 atom stereocenters. The van der Waals surface area contributed by atoms with Gasteiger partial charge in [0.15, 0.2) is 9.84 Å². The van der Waals surface area contributed by atoms with Gasteiger partial charge in [0, 0.05) is 18.4 Å². The number of aromatic nitrogens is 2. The van der Waals surface area contributed by atoms with E-state index in [9.17, 15) is 13.2 Å². The van der Waals surface area contributed by atoms with Gasteiger partial charge in [0.2, 0.25) is 5.88 Å². The van der Waals surface area contributed by atoms with Gasteiger partial charge in [0.1, 0.15) is 5.69 Å². The van der Waals surface area contributed by atoms with Gasteiger partial charge in [-0.1, -0.05) is 72.3 Å². The van der Waals surface area contributed by atoms with Gasteiger partial charge in [-0.3, -0.25) is 4.79 Å². The van der Waals surface area contributed by atoms with Gasteiger partial charge in [-0.25, -0.2) is 13.1 Å². The Labute approximate surface area is 193 Å². The number of nitrogens with zero attached hydrogens (tertiary/aromatic N) is 2. The van der Waals surface area contributed by atoms with E-state index in [1.807, 2.05) is 61.5 Å². The molecular formula is C26H24N2O4S. The maximum atomic E-state index is 11.9. The molecule has 0 aliphatic carbocycles. The minimum absolute atomic E-state index is 0.232. The second kappa shape index (κ2) is 9.42. The highest BCUT2D eigenvalue weighted by atomic mass is 32.2. The van der Waals surface area contributed by atoms with Gasteiger partial charge in [-0.15, -0.1) is 0 Å². The first-order chi connectivity index (χ1) is 15.9. The number of carbonyl (C=O) groups excluding carboxylic acids is 1. The third kappa shape index (κ3) is 5.04. The van der Waals surface area contributed by atoms with Gasteiger partial charge in [0.25, 0.3) is 6.47 Å². The summed E-state index contributed by atoms with van der Waals surface area (Å²) in [5.74, 6) is 0.354. The summed E-state index contributed by atoms with van der Waals surface area (Å²) in [6.45, 7) is 2.92. The standard InChI is InChI=1S/C26H24N2O4S/c1-19-8-10-21(11-9-19)24-25(22-12-14-23(15-13-22)33(2,30)31)27-28(26(24)32-18-29)17-16-20-6-4-3-5-7-20/h3-15,18H,16-17H2,1-2H3. The summed E-state index contributed by atoms with van der Waals surface area (Å²) in [4.78, 5) is 11.6. The van der Waals surface area contributed by atoms with Crippen LogP contribution < -0.4 is 4.74 Å². The van der Waals surface area contributed by atoms with Crippen LogP contribution in [0.5, 0.6) is 5.88 Å². The lowest BCUT2D eigenvalue weighted by molar-refractivity contribution is -0.121. The Morgan fingerprint density at radius 2 is 1.55 bits per heavy atom. The van der Waals surface area contributed by atoms with Crippen LogP contribution in [0.25, 0.3) is 22.4 Å². The summed E-state index contributed by atoms with van der Waals surface area (Å²) in [6.07, 6.45) is 1.88. The Morgan fingerprint density at radius 3 is 2.15 bits per heavy atom. The summed E-state index contributed by atoms with van der Waals surface area (Å²) < 4.78 is 30.9. The number of rotatable bonds is 8. The minimum atomic E-state index is -3.32. The fourth-order valence-corrected chi connectivity index (χ4v) is 4.32. The van der Waals surface area contributed by atoms with Crippen LogP contribution >= 0.6 is 0 Å². The van der Waals surface area contributed by atoms with Crippen molar-refractivity contribution in [1.29, 1.82) is 0 Å². The van der Waals surface area contributed by atoms with Crippen LogP contribution in [0.4, 0.5) is 0 Å². The molecular weight excluding hydrogens is 436 g/mol. The molecule has 0 aliphatic heterocycles. The first-order valence-corrected chi connectivity index (χ1v) is 12.4. The molecule has 0 amide bonds. The smallest absolute Gasteiger partial charge is 0.299 e. The molecule has 168 valence electrons. The predicted octanol–water partition coefficient (Wildman–Crippen LogP) is 4.71. The third-order valence-corrected chi connectivity index (χ3v) is 6.55. The Hall–Kier alpha value is -3.71. The lowest BCUT2D eigenvalue weighted by Gasteiger charge is -2.08. The molecule has 1 heterocycles. The SMILES string of the molecule is Cc1ccc(-c2c(-c3ccc(S(C)(=O)=O)cc3)nn(CCc3ccccc3)c2OC=O)cc1. The zero-order valence-corrected chi connectivity index (χ0v) is 19.2. The predicted molar refractivity (Wildman–Crippen MR) is 128 cm³/mol. The lowest BCUT2D eigenvalue weighted by Crippen LogP contribution is -2.07. The summed E-state index contributed by atoms with van der Waals surface area (Å²) in [5.41, 5.74) is 5.12. The van der Waals surface area contributed by atoms with Crippen molar-refractivity contribution in [3.63, 3.8) is 0 Å². The number of benzene rings is 3. The van der Waals surface area contributed by atoms with E-state index in [1.54, 1.807) is 28.9 Å². The van der Waals surface area contributed by atoms with E-state index in [1.165, 1.54) is 6.26 Å². The van der Waals surface area contributed by atoms with Crippen molar-refractivity contribution in [3.8, 4) is 28.3 Å². The molecule has 0 saturated carbocycles. The molecule has 0 spiro atoms. The number of hydrogen-bond donors (Lipinski definition) is 0. The highest BCUT2D eigenvalue weighted by Gasteiger charge is 2.23. The second-order valence-electron chi connectivity index (χ2n) is 7.86. The summed E-state index contributed by atoms with van der Waals surface area (Å²) in [7, 11) is -3.32. The van der Waals surface area contributed by atoms with Crippen molar-refractivity contribution in [2.45, 2.75) is 24.8 Å². The molecule has 0 aliphatic rings. The molecule has 0 saturated heterocycles. The number of sulfone groups is 1. The molecule has 0 bridgehead atoms. The van der Waals surface area contributed by atoms with E-state index in [0.717, 1.165) is 22.3 Å². The van der Waals surface area contributed by atoms with Crippen LogP contribution in [0.15, 0.2) is 83.8 Å². The van der Waals surface area contributed by atoms with E-state index in [2.05, 4.69) is 0 Å². The molecule has 4 aromatic rings.